The molecule has 2 rings (SSSR count). The van der Waals surface area contributed by atoms with Gasteiger partial charge in [-0.1, -0.05) is 6.07 Å². The standard InChI is InChI=1S/C16H14F2N2O5S/c1-25-14-6-2-10(3-7-16(21)22)8-15(14)26(23,24)20-19-13-5-4-11(17)9-12(13)18/h2-9,19-20H,1H3,(H,21,22). The highest BCUT2D eigenvalue weighted by atomic mass is 32.2. The van der Waals surface area contributed by atoms with Gasteiger partial charge in [0.1, 0.15) is 16.5 Å². The van der Waals surface area contributed by atoms with Crippen molar-refractivity contribution in [2.75, 3.05) is 12.5 Å². The first kappa shape index (κ1) is 19.3. The van der Waals surface area contributed by atoms with Crippen LogP contribution in [-0.4, -0.2) is 26.6 Å². The fourth-order valence-corrected chi connectivity index (χ4v) is 3.00. The molecule has 26 heavy (non-hydrogen) atoms. The van der Waals surface area contributed by atoms with Crippen LogP contribution in [0.3, 0.4) is 0 Å². The molecule has 0 spiro atoms. The third-order valence-electron chi connectivity index (χ3n) is 3.15. The summed E-state index contributed by atoms with van der Waals surface area (Å²) in [5.74, 6) is -3.00. The molecule has 7 nitrogen and oxygen atoms in total. The number of benzene rings is 2. The lowest BCUT2D eigenvalue weighted by Crippen LogP contribution is -2.30. The fraction of sp³-hybridized carbons (Fsp3) is 0.0625. The van der Waals surface area contributed by atoms with Crippen molar-refractivity contribution in [1.29, 1.82) is 0 Å². The first-order chi connectivity index (χ1) is 12.2. The summed E-state index contributed by atoms with van der Waals surface area (Å²) in [5.41, 5.74) is 2.16. The molecule has 3 N–H and O–H groups in total. The number of hydrogen-bond acceptors (Lipinski definition) is 5. The number of carboxylic acids is 1. The quantitative estimate of drug-likeness (QED) is 0.500. The highest BCUT2D eigenvalue weighted by molar-refractivity contribution is 7.89. The average Bonchev–Trinajstić information content (AvgIpc) is 2.59. The number of rotatable bonds is 7. The Balaban J connectivity index is 2.31. The van der Waals surface area contributed by atoms with Gasteiger partial charge in [-0.05, 0) is 35.9 Å². The Morgan fingerprint density at radius 1 is 1.19 bits per heavy atom. The molecule has 2 aromatic rings. The summed E-state index contributed by atoms with van der Waals surface area (Å²) in [4.78, 5) is 12.2. The van der Waals surface area contributed by atoms with Crippen molar-refractivity contribution in [3.63, 3.8) is 0 Å². The van der Waals surface area contributed by atoms with Crippen molar-refractivity contribution in [1.82, 2.24) is 4.83 Å². The SMILES string of the molecule is COc1ccc(C=CC(=O)O)cc1S(=O)(=O)NNc1ccc(F)cc1F. The maximum atomic E-state index is 13.6. The Hall–Kier alpha value is -2.98. The summed E-state index contributed by atoms with van der Waals surface area (Å²) in [5, 5.41) is 8.65. The second-order valence-electron chi connectivity index (χ2n) is 4.94. The number of anilines is 1. The summed E-state index contributed by atoms with van der Waals surface area (Å²) < 4.78 is 56.4. The molecule has 0 aliphatic heterocycles. The number of sulfonamides is 1. The van der Waals surface area contributed by atoms with Gasteiger partial charge in [0, 0.05) is 12.1 Å². The topological polar surface area (TPSA) is 105 Å². The molecule has 0 atom stereocenters. The number of carbonyl (C=O) groups is 1. The minimum atomic E-state index is -4.22. The second-order valence-corrected chi connectivity index (χ2v) is 6.59. The van der Waals surface area contributed by atoms with Gasteiger partial charge in [-0.3, -0.25) is 0 Å². The van der Waals surface area contributed by atoms with Crippen LogP contribution in [0.25, 0.3) is 6.08 Å². The predicted octanol–water partition coefficient (Wildman–Crippen LogP) is 2.38. The zero-order chi connectivity index (χ0) is 19.3. The van der Waals surface area contributed by atoms with E-state index in [9.17, 15) is 22.0 Å². The molecule has 0 radical (unpaired) electrons. The minimum Gasteiger partial charge on any atom is -0.495 e. The first-order valence-electron chi connectivity index (χ1n) is 7.05. The monoisotopic (exact) mass is 384 g/mol. The van der Waals surface area contributed by atoms with Gasteiger partial charge >= 0.3 is 5.97 Å². The van der Waals surface area contributed by atoms with Gasteiger partial charge in [0.2, 0.25) is 0 Å². The van der Waals surface area contributed by atoms with E-state index in [4.69, 9.17) is 9.84 Å². The Morgan fingerprint density at radius 3 is 2.54 bits per heavy atom. The van der Waals surface area contributed by atoms with Crippen LogP contribution in [0.5, 0.6) is 5.75 Å². The van der Waals surface area contributed by atoms with E-state index in [1.165, 1.54) is 31.4 Å². The summed E-state index contributed by atoms with van der Waals surface area (Å²) >= 11 is 0. The van der Waals surface area contributed by atoms with Crippen LogP contribution in [0.15, 0.2) is 47.4 Å². The lowest BCUT2D eigenvalue weighted by atomic mass is 10.2. The maximum absolute atomic E-state index is 13.6. The van der Waals surface area contributed by atoms with E-state index < -0.39 is 27.6 Å². The molecule has 0 aliphatic rings. The highest BCUT2D eigenvalue weighted by Crippen LogP contribution is 2.25. The highest BCUT2D eigenvalue weighted by Gasteiger charge is 2.20. The first-order valence-corrected chi connectivity index (χ1v) is 8.53. The molecule has 2 aromatic carbocycles. The van der Waals surface area contributed by atoms with Gasteiger partial charge in [-0.15, -0.1) is 4.83 Å². The van der Waals surface area contributed by atoms with Gasteiger partial charge in [0.25, 0.3) is 10.0 Å². The van der Waals surface area contributed by atoms with E-state index in [0.29, 0.717) is 11.6 Å². The molecule has 10 heteroatoms. The van der Waals surface area contributed by atoms with E-state index >= 15 is 0 Å². The van der Waals surface area contributed by atoms with Crippen LogP contribution in [0.4, 0.5) is 14.5 Å². The minimum absolute atomic E-state index is 0.00801. The number of hydrogen-bond donors (Lipinski definition) is 3. The molecule has 0 bridgehead atoms. The molecule has 0 saturated carbocycles. The predicted molar refractivity (Wildman–Crippen MR) is 90.0 cm³/mol. The van der Waals surface area contributed by atoms with Crippen LogP contribution >= 0.6 is 0 Å². The van der Waals surface area contributed by atoms with Crippen molar-refractivity contribution in [2.45, 2.75) is 4.90 Å². The molecule has 0 aromatic heterocycles. The Morgan fingerprint density at radius 2 is 1.92 bits per heavy atom. The van der Waals surface area contributed by atoms with Crippen LogP contribution in [0.2, 0.25) is 0 Å². The molecule has 0 amide bonds. The van der Waals surface area contributed by atoms with Crippen LogP contribution < -0.4 is 15.0 Å². The molecular weight excluding hydrogens is 370 g/mol. The zero-order valence-corrected chi connectivity index (χ0v) is 14.2. The van der Waals surface area contributed by atoms with E-state index in [0.717, 1.165) is 18.2 Å². The van der Waals surface area contributed by atoms with E-state index in [-0.39, 0.29) is 16.3 Å². The molecule has 0 heterocycles. The van der Waals surface area contributed by atoms with Crippen LogP contribution in [-0.2, 0) is 14.8 Å². The largest absolute Gasteiger partial charge is 0.495 e. The molecule has 0 unspecified atom stereocenters. The number of aliphatic carboxylic acids is 1. The number of nitrogens with one attached hydrogen (secondary N) is 2. The summed E-state index contributed by atoms with van der Waals surface area (Å²) in [7, 11) is -2.96. The molecule has 0 aliphatic carbocycles. The summed E-state index contributed by atoms with van der Waals surface area (Å²) in [6.45, 7) is 0. The number of ether oxygens (including phenoxy) is 1. The van der Waals surface area contributed by atoms with Crippen molar-refractivity contribution in [3.05, 3.63) is 59.7 Å². The average molecular weight is 384 g/mol. The van der Waals surface area contributed by atoms with E-state index in [2.05, 4.69) is 5.43 Å². The van der Waals surface area contributed by atoms with Crippen molar-refractivity contribution in [2.24, 2.45) is 0 Å². The van der Waals surface area contributed by atoms with Gasteiger partial charge in [0.05, 0.1) is 12.8 Å². The lowest BCUT2D eigenvalue weighted by molar-refractivity contribution is -0.131. The number of hydrazine groups is 1. The molecular formula is C16H14F2N2O5S. The third-order valence-corrected chi connectivity index (χ3v) is 4.42. The van der Waals surface area contributed by atoms with Crippen LogP contribution in [0, 0.1) is 11.6 Å². The van der Waals surface area contributed by atoms with E-state index in [1.807, 2.05) is 4.83 Å². The number of methoxy groups -OCH3 is 1. The van der Waals surface area contributed by atoms with Gasteiger partial charge in [-0.25, -0.2) is 22.0 Å². The molecule has 138 valence electrons. The summed E-state index contributed by atoms with van der Waals surface area (Å²) in [6, 6.07) is 6.56. The fourth-order valence-electron chi connectivity index (χ4n) is 1.94. The van der Waals surface area contributed by atoms with Gasteiger partial charge < -0.3 is 15.3 Å². The smallest absolute Gasteiger partial charge is 0.328 e. The lowest BCUT2D eigenvalue weighted by Gasteiger charge is -2.13. The van der Waals surface area contributed by atoms with E-state index in [1.54, 1.807) is 0 Å². The van der Waals surface area contributed by atoms with Crippen molar-refractivity contribution in [3.8, 4) is 5.75 Å². The van der Waals surface area contributed by atoms with Gasteiger partial charge in [-0.2, -0.15) is 0 Å². The van der Waals surface area contributed by atoms with Gasteiger partial charge in [0.15, 0.2) is 5.82 Å². The number of halogens is 2. The third kappa shape index (κ3) is 4.77. The van der Waals surface area contributed by atoms with Crippen molar-refractivity contribution >= 4 is 27.8 Å². The Kier molecular flexibility index (Phi) is 5.90. The zero-order valence-electron chi connectivity index (χ0n) is 13.4. The Bertz CT molecular complexity index is 961. The maximum Gasteiger partial charge on any atom is 0.328 e. The number of carboxylic acid groups (broad SMARTS) is 1. The molecule has 0 saturated heterocycles. The second kappa shape index (κ2) is 7.93. The Labute approximate surface area is 147 Å². The van der Waals surface area contributed by atoms with Crippen molar-refractivity contribution < 1.29 is 31.8 Å². The van der Waals surface area contributed by atoms with Crippen LogP contribution in [0.1, 0.15) is 5.56 Å². The summed E-state index contributed by atoms with van der Waals surface area (Å²) in [6.07, 6.45) is 2.05. The molecule has 0 fully saturated rings. The normalized spacial score (nSPS) is 11.5.